The second-order valence-corrected chi connectivity index (χ2v) is 14.6. The molecule has 0 spiro atoms. The standard InChI is InChI=1S/C51H36N2/c1-51(2)46-31-37(25-26-43(46)45-27-24-33-14-9-10-21-40(33)49(45)51)36-19-13-20-38(30-36)39-28-29-44(42-23-12-11-22-41(39)42)48-32-47(34-15-5-3-6-16-34)52-50(53-48)35-17-7-4-8-18-35/h3-32H,1-2H3. The van der Waals surface area contributed by atoms with Crippen LogP contribution >= 0.6 is 0 Å². The normalized spacial score (nSPS) is 12.9. The molecule has 1 aliphatic rings. The number of nitrogens with zero attached hydrogens (tertiary/aromatic N) is 2. The molecular formula is C51H36N2. The van der Waals surface area contributed by atoms with E-state index < -0.39 is 0 Å². The van der Waals surface area contributed by atoms with Gasteiger partial charge in [-0.1, -0.05) is 178 Å². The van der Waals surface area contributed by atoms with Crippen molar-refractivity contribution in [3.8, 4) is 67.3 Å². The molecule has 1 heterocycles. The van der Waals surface area contributed by atoms with Crippen LogP contribution in [-0.2, 0) is 5.41 Å². The maximum atomic E-state index is 5.17. The topological polar surface area (TPSA) is 25.8 Å². The summed E-state index contributed by atoms with van der Waals surface area (Å²) in [5.41, 5.74) is 15.2. The van der Waals surface area contributed by atoms with E-state index in [2.05, 4.69) is 172 Å². The molecule has 1 aliphatic carbocycles. The van der Waals surface area contributed by atoms with Crippen molar-refractivity contribution in [1.82, 2.24) is 9.97 Å². The molecule has 2 nitrogen and oxygen atoms in total. The molecular weight excluding hydrogens is 641 g/mol. The van der Waals surface area contributed by atoms with Gasteiger partial charge in [-0.25, -0.2) is 9.97 Å². The van der Waals surface area contributed by atoms with Crippen molar-refractivity contribution in [1.29, 1.82) is 0 Å². The smallest absolute Gasteiger partial charge is 0.160 e. The average Bonchev–Trinajstić information content (AvgIpc) is 3.46. The SMILES string of the molecule is CC1(C)c2cc(-c3cccc(-c4ccc(-c5cc(-c6ccccc6)nc(-c6ccccc6)n5)c5ccccc45)c3)ccc2-c2ccc3ccccc3c21. The molecule has 0 saturated carbocycles. The maximum absolute atomic E-state index is 5.17. The highest BCUT2D eigenvalue weighted by Gasteiger charge is 2.37. The number of rotatable bonds is 5. The third kappa shape index (κ3) is 5.18. The molecule has 8 aromatic carbocycles. The Morgan fingerprint density at radius 1 is 0.358 bits per heavy atom. The summed E-state index contributed by atoms with van der Waals surface area (Å²) in [6.45, 7) is 4.75. The van der Waals surface area contributed by atoms with Gasteiger partial charge >= 0.3 is 0 Å². The third-order valence-electron chi connectivity index (χ3n) is 11.1. The molecule has 2 heteroatoms. The molecule has 0 bridgehead atoms. The van der Waals surface area contributed by atoms with Gasteiger partial charge in [0.2, 0.25) is 0 Å². The molecule has 10 rings (SSSR count). The van der Waals surface area contributed by atoms with Gasteiger partial charge in [0.1, 0.15) is 0 Å². The largest absolute Gasteiger partial charge is 0.228 e. The van der Waals surface area contributed by atoms with Crippen molar-refractivity contribution in [3.63, 3.8) is 0 Å². The van der Waals surface area contributed by atoms with E-state index in [1.807, 2.05) is 24.3 Å². The zero-order valence-electron chi connectivity index (χ0n) is 29.7. The molecule has 53 heavy (non-hydrogen) atoms. The first-order chi connectivity index (χ1) is 26.0. The van der Waals surface area contributed by atoms with Crippen LogP contribution in [-0.4, -0.2) is 9.97 Å². The number of hydrogen-bond acceptors (Lipinski definition) is 2. The summed E-state index contributed by atoms with van der Waals surface area (Å²) in [5, 5.41) is 5.00. The highest BCUT2D eigenvalue weighted by molar-refractivity contribution is 6.05. The van der Waals surface area contributed by atoms with Crippen LogP contribution in [0.5, 0.6) is 0 Å². The number of aromatic nitrogens is 2. The molecule has 250 valence electrons. The fraction of sp³-hybridized carbons (Fsp3) is 0.0588. The molecule has 0 fully saturated rings. The minimum atomic E-state index is -0.104. The highest BCUT2D eigenvalue weighted by atomic mass is 14.9. The first-order valence-electron chi connectivity index (χ1n) is 18.3. The average molecular weight is 677 g/mol. The number of benzene rings is 8. The minimum absolute atomic E-state index is 0.104. The summed E-state index contributed by atoms with van der Waals surface area (Å²) in [5.74, 6) is 0.719. The second-order valence-electron chi connectivity index (χ2n) is 14.6. The predicted molar refractivity (Wildman–Crippen MR) is 222 cm³/mol. The molecule has 0 amide bonds. The summed E-state index contributed by atoms with van der Waals surface area (Å²) in [7, 11) is 0. The zero-order chi connectivity index (χ0) is 35.5. The summed E-state index contributed by atoms with van der Waals surface area (Å²) in [6.07, 6.45) is 0. The van der Waals surface area contributed by atoms with Crippen molar-refractivity contribution in [2.75, 3.05) is 0 Å². The molecule has 9 aromatic rings. The Bertz CT molecular complexity index is 2790. The molecule has 1 aromatic heterocycles. The minimum Gasteiger partial charge on any atom is -0.228 e. The predicted octanol–water partition coefficient (Wildman–Crippen LogP) is 13.4. The van der Waals surface area contributed by atoms with E-state index in [9.17, 15) is 0 Å². The van der Waals surface area contributed by atoms with Gasteiger partial charge < -0.3 is 0 Å². The summed E-state index contributed by atoms with van der Waals surface area (Å²) >= 11 is 0. The van der Waals surface area contributed by atoms with Gasteiger partial charge in [-0.3, -0.25) is 0 Å². The van der Waals surface area contributed by atoms with E-state index in [1.54, 1.807) is 0 Å². The van der Waals surface area contributed by atoms with Gasteiger partial charge in [0.15, 0.2) is 5.82 Å². The van der Waals surface area contributed by atoms with Crippen molar-refractivity contribution < 1.29 is 0 Å². The lowest BCUT2D eigenvalue weighted by Gasteiger charge is -2.23. The Hall–Kier alpha value is -6.64. The van der Waals surface area contributed by atoms with E-state index in [0.29, 0.717) is 0 Å². The number of hydrogen-bond donors (Lipinski definition) is 0. The molecule has 0 aliphatic heterocycles. The van der Waals surface area contributed by atoms with Crippen molar-refractivity contribution in [3.05, 3.63) is 193 Å². The summed E-state index contributed by atoms with van der Waals surface area (Å²) < 4.78 is 0. The first-order valence-corrected chi connectivity index (χ1v) is 18.3. The lowest BCUT2D eigenvalue weighted by atomic mass is 9.79. The molecule has 0 N–H and O–H groups in total. The third-order valence-corrected chi connectivity index (χ3v) is 11.1. The van der Waals surface area contributed by atoms with E-state index in [-0.39, 0.29) is 5.41 Å². The van der Waals surface area contributed by atoms with Crippen LogP contribution in [0.15, 0.2) is 182 Å². The maximum Gasteiger partial charge on any atom is 0.160 e. The van der Waals surface area contributed by atoms with Crippen LogP contribution in [0.25, 0.3) is 88.8 Å². The van der Waals surface area contributed by atoms with Gasteiger partial charge in [-0.2, -0.15) is 0 Å². The lowest BCUT2D eigenvalue weighted by molar-refractivity contribution is 0.666. The van der Waals surface area contributed by atoms with Gasteiger partial charge in [-0.05, 0) is 84.3 Å². The number of fused-ring (bicyclic) bond motifs is 6. The van der Waals surface area contributed by atoms with Crippen LogP contribution in [0.1, 0.15) is 25.0 Å². The fourth-order valence-electron chi connectivity index (χ4n) is 8.48. The Balaban J connectivity index is 1.07. The zero-order valence-corrected chi connectivity index (χ0v) is 29.7. The van der Waals surface area contributed by atoms with E-state index in [4.69, 9.17) is 9.97 Å². The lowest BCUT2D eigenvalue weighted by Crippen LogP contribution is -2.15. The van der Waals surface area contributed by atoms with Crippen LogP contribution in [0.4, 0.5) is 0 Å². The van der Waals surface area contributed by atoms with Crippen LogP contribution in [0.3, 0.4) is 0 Å². The molecule has 0 unspecified atom stereocenters. The Morgan fingerprint density at radius 3 is 1.72 bits per heavy atom. The summed E-state index contributed by atoms with van der Waals surface area (Å²) in [4.78, 5) is 10.2. The Kier molecular flexibility index (Phi) is 7.19. The first kappa shape index (κ1) is 31.1. The van der Waals surface area contributed by atoms with Crippen molar-refractivity contribution in [2.24, 2.45) is 0 Å². The van der Waals surface area contributed by atoms with Crippen molar-refractivity contribution in [2.45, 2.75) is 19.3 Å². The fourth-order valence-corrected chi connectivity index (χ4v) is 8.48. The molecule has 0 radical (unpaired) electrons. The van der Waals surface area contributed by atoms with Gasteiger partial charge in [0.05, 0.1) is 11.4 Å². The molecule has 0 saturated heterocycles. The quantitative estimate of drug-likeness (QED) is 0.181. The Labute approximate surface area is 310 Å². The second kappa shape index (κ2) is 12.3. The van der Waals surface area contributed by atoms with Gasteiger partial charge in [0, 0.05) is 22.1 Å². The van der Waals surface area contributed by atoms with Crippen LogP contribution < -0.4 is 0 Å². The summed E-state index contributed by atoms with van der Waals surface area (Å²) in [6, 6.07) is 65.4. The Morgan fingerprint density at radius 2 is 0.925 bits per heavy atom. The molecule has 0 atom stereocenters. The monoisotopic (exact) mass is 676 g/mol. The van der Waals surface area contributed by atoms with E-state index >= 15 is 0 Å². The highest BCUT2D eigenvalue weighted by Crippen LogP contribution is 2.52. The van der Waals surface area contributed by atoms with Gasteiger partial charge in [0.25, 0.3) is 0 Å². The van der Waals surface area contributed by atoms with E-state index in [1.165, 1.54) is 60.7 Å². The van der Waals surface area contributed by atoms with Crippen LogP contribution in [0, 0.1) is 0 Å². The van der Waals surface area contributed by atoms with Crippen molar-refractivity contribution >= 4 is 21.5 Å². The van der Waals surface area contributed by atoms with Crippen LogP contribution in [0.2, 0.25) is 0 Å². The van der Waals surface area contributed by atoms with Gasteiger partial charge in [-0.15, -0.1) is 0 Å². The van der Waals surface area contributed by atoms with E-state index in [0.717, 1.165) is 39.3 Å².